The van der Waals surface area contributed by atoms with E-state index in [0.29, 0.717) is 12.8 Å². The Bertz CT molecular complexity index is 223. The molecule has 16 heavy (non-hydrogen) atoms. The molecule has 1 nitrogen and oxygen atoms in total. The fourth-order valence-electron chi connectivity index (χ4n) is 1.53. The van der Waals surface area contributed by atoms with Gasteiger partial charge in [-0.25, -0.2) is 17.6 Å². The van der Waals surface area contributed by atoms with Gasteiger partial charge < -0.3 is 5.11 Å². The standard InChI is InChI=1S/C10H16F4OS/c1-9(15,8(11)12)6-16-7-2-4-10(13,14)5-3-7/h7-8,15H,2-6H2,1H3. The monoisotopic (exact) mass is 260 g/mol. The molecule has 0 aromatic carbocycles. The molecular formula is C10H16F4OS. The molecule has 0 spiro atoms. The molecular weight excluding hydrogens is 244 g/mol. The van der Waals surface area contributed by atoms with Crippen LogP contribution in [-0.4, -0.2) is 34.1 Å². The maximum absolute atomic E-state index is 12.8. The molecule has 0 heterocycles. The van der Waals surface area contributed by atoms with Gasteiger partial charge in [0.05, 0.1) is 0 Å². The quantitative estimate of drug-likeness (QED) is 0.782. The molecule has 96 valence electrons. The lowest BCUT2D eigenvalue weighted by Gasteiger charge is -2.30. The number of hydrogen-bond donors (Lipinski definition) is 1. The lowest BCUT2D eigenvalue weighted by Crippen LogP contribution is -2.37. The van der Waals surface area contributed by atoms with E-state index < -0.39 is 17.9 Å². The van der Waals surface area contributed by atoms with Crippen LogP contribution in [0.4, 0.5) is 17.6 Å². The average molecular weight is 260 g/mol. The van der Waals surface area contributed by atoms with Gasteiger partial charge in [-0.15, -0.1) is 0 Å². The third kappa shape index (κ3) is 4.13. The van der Waals surface area contributed by atoms with Gasteiger partial charge in [0, 0.05) is 23.8 Å². The van der Waals surface area contributed by atoms with E-state index in [-0.39, 0.29) is 23.8 Å². The Morgan fingerprint density at radius 1 is 1.38 bits per heavy atom. The van der Waals surface area contributed by atoms with Crippen molar-refractivity contribution in [1.29, 1.82) is 0 Å². The summed E-state index contributed by atoms with van der Waals surface area (Å²) in [7, 11) is 0. The summed E-state index contributed by atoms with van der Waals surface area (Å²) < 4.78 is 50.2. The second-order valence-corrected chi connectivity index (χ2v) is 5.81. The SMILES string of the molecule is CC(O)(CSC1CCC(F)(F)CC1)C(F)F. The van der Waals surface area contributed by atoms with Crippen molar-refractivity contribution in [2.24, 2.45) is 0 Å². The molecule has 0 saturated heterocycles. The van der Waals surface area contributed by atoms with Crippen molar-refractivity contribution in [1.82, 2.24) is 0 Å². The molecule has 0 aliphatic heterocycles. The van der Waals surface area contributed by atoms with Crippen LogP contribution in [0.25, 0.3) is 0 Å². The molecule has 1 N–H and O–H groups in total. The Labute approximate surface area is 96.6 Å². The van der Waals surface area contributed by atoms with Crippen molar-refractivity contribution < 1.29 is 22.7 Å². The van der Waals surface area contributed by atoms with Crippen LogP contribution in [0.5, 0.6) is 0 Å². The Hall–Kier alpha value is 0.0300. The van der Waals surface area contributed by atoms with Crippen molar-refractivity contribution in [2.45, 2.75) is 55.8 Å². The van der Waals surface area contributed by atoms with Gasteiger partial charge in [0.2, 0.25) is 5.92 Å². The minimum absolute atomic E-state index is 0.0372. The van der Waals surface area contributed by atoms with E-state index in [1.54, 1.807) is 0 Å². The topological polar surface area (TPSA) is 20.2 Å². The molecule has 0 amide bonds. The summed E-state index contributed by atoms with van der Waals surface area (Å²) in [6.45, 7) is 1.07. The van der Waals surface area contributed by atoms with Crippen molar-refractivity contribution >= 4 is 11.8 Å². The highest BCUT2D eigenvalue weighted by Crippen LogP contribution is 2.39. The Balaban J connectivity index is 2.30. The molecule has 0 aromatic rings. The lowest BCUT2D eigenvalue weighted by atomic mass is 9.96. The molecule has 6 heteroatoms. The number of alkyl halides is 4. The first-order valence-corrected chi connectivity index (χ1v) is 6.28. The molecule has 1 fully saturated rings. The van der Waals surface area contributed by atoms with Crippen LogP contribution in [0.1, 0.15) is 32.6 Å². The van der Waals surface area contributed by atoms with Crippen LogP contribution < -0.4 is 0 Å². The zero-order valence-corrected chi connectivity index (χ0v) is 9.87. The molecule has 1 aliphatic carbocycles. The van der Waals surface area contributed by atoms with Crippen LogP contribution in [0.2, 0.25) is 0 Å². The number of aliphatic hydroxyl groups is 1. The Kier molecular flexibility index (Phi) is 4.51. The summed E-state index contributed by atoms with van der Waals surface area (Å²) in [4.78, 5) is 0. The van der Waals surface area contributed by atoms with Gasteiger partial charge in [-0.2, -0.15) is 11.8 Å². The van der Waals surface area contributed by atoms with Gasteiger partial charge in [-0.1, -0.05) is 0 Å². The zero-order chi connectivity index (χ0) is 12.4. The molecule has 1 rings (SSSR count). The van der Waals surface area contributed by atoms with Crippen LogP contribution in [0.3, 0.4) is 0 Å². The van der Waals surface area contributed by atoms with E-state index in [2.05, 4.69) is 0 Å². The summed E-state index contributed by atoms with van der Waals surface area (Å²) in [5.74, 6) is -2.71. The van der Waals surface area contributed by atoms with Crippen LogP contribution >= 0.6 is 11.8 Å². The minimum atomic E-state index is -2.80. The third-order valence-electron chi connectivity index (χ3n) is 2.75. The predicted molar refractivity (Wildman–Crippen MR) is 56.3 cm³/mol. The minimum Gasteiger partial charge on any atom is -0.383 e. The van der Waals surface area contributed by atoms with E-state index in [4.69, 9.17) is 0 Å². The normalized spacial score (nSPS) is 25.7. The van der Waals surface area contributed by atoms with Gasteiger partial charge in [-0.3, -0.25) is 0 Å². The van der Waals surface area contributed by atoms with Crippen molar-refractivity contribution in [3.05, 3.63) is 0 Å². The summed E-state index contributed by atoms with van der Waals surface area (Å²) in [5.41, 5.74) is -2.02. The van der Waals surface area contributed by atoms with Gasteiger partial charge >= 0.3 is 0 Å². The lowest BCUT2D eigenvalue weighted by molar-refractivity contribution is -0.0662. The van der Waals surface area contributed by atoms with Gasteiger partial charge in [0.1, 0.15) is 5.60 Å². The average Bonchev–Trinajstić information content (AvgIpc) is 2.16. The maximum Gasteiger partial charge on any atom is 0.267 e. The van der Waals surface area contributed by atoms with E-state index in [9.17, 15) is 22.7 Å². The smallest absolute Gasteiger partial charge is 0.267 e. The number of rotatable bonds is 4. The fraction of sp³-hybridized carbons (Fsp3) is 1.00. The number of thioether (sulfide) groups is 1. The third-order valence-corrected chi connectivity index (χ3v) is 4.44. The summed E-state index contributed by atoms with van der Waals surface area (Å²) in [5, 5.41) is 9.27. The largest absolute Gasteiger partial charge is 0.383 e. The summed E-state index contributed by atoms with van der Waals surface area (Å²) in [6, 6.07) is 0. The van der Waals surface area contributed by atoms with E-state index in [0.717, 1.165) is 6.92 Å². The summed E-state index contributed by atoms with van der Waals surface area (Å²) in [6.07, 6.45) is -2.50. The first kappa shape index (κ1) is 14.1. The fourth-order valence-corrected chi connectivity index (χ4v) is 2.80. The van der Waals surface area contributed by atoms with Crippen LogP contribution in [0.15, 0.2) is 0 Å². The zero-order valence-electron chi connectivity index (χ0n) is 9.06. The first-order chi connectivity index (χ1) is 7.23. The highest BCUT2D eigenvalue weighted by atomic mass is 32.2. The van der Waals surface area contributed by atoms with E-state index in [1.165, 1.54) is 11.8 Å². The van der Waals surface area contributed by atoms with E-state index in [1.807, 2.05) is 0 Å². The van der Waals surface area contributed by atoms with Crippen LogP contribution in [0, 0.1) is 0 Å². The van der Waals surface area contributed by atoms with Crippen molar-refractivity contribution in [3.63, 3.8) is 0 Å². The highest BCUT2D eigenvalue weighted by Gasteiger charge is 2.37. The van der Waals surface area contributed by atoms with Gasteiger partial charge in [0.15, 0.2) is 0 Å². The van der Waals surface area contributed by atoms with Gasteiger partial charge in [-0.05, 0) is 19.8 Å². The molecule has 1 unspecified atom stereocenters. The molecule has 0 aromatic heterocycles. The molecule has 0 radical (unpaired) electrons. The van der Waals surface area contributed by atoms with E-state index >= 15 is 0 Å². The second-order valence-electron chi connectivity index (χ2n) is 4.52. The first-order valence-electron chi connectivity index (χ1n) is 5.23. The van der Waals surface area contributed by atoms with Crippen molar-refractivity contribution in [3.8, 4) is 0 Å². The molecule has 1 atom stereocenters. The number of halogens is 4. The predicted octanol–water partition coefficient (Wildman–Crippen LogP) is 3.31. The maximum atomic E-state index is 12.8. The molecule has 1 aliphatic rings. The summed E-state index contributed by atoms with van der Waals surface area (Å²) >= 11 is 1.17. The molecule has 0 bridgehead atoms. The second kappa shape index (κ2) is 5.12. The van der Waals surface area contributed by atoms with Crippen LogP contribution in [-0.2, 0) is 0 Å². The Morgan fingerprint density at radius 3 is 2.31 bits per heavy atom. The molecule has 1 saturated carbocycles. The highest BCUT2D eigenvalue weighted by molar-refractivity contribution is 7.99. The number of hydrogen-bond acceptors (Lipinski definition) is 2. The van der Waals surface area contributed by atoms with Crippen molar-refractivity contribution in [2.75, 3.05) is 5.75 Å². The Morgan fingerprint density at radius 2 is 1.88 bits per heavy atom. The van der Waals surface area contributed by atoms with Gasteiger partial charge in [0.25, 0.3) is 6.43 Å².